The number of carboxylic acids is 1. The molecule has 1 atom stereocenters. The van der Waals surface area contributed by atoms with Crippen molar-refractivity contribution < 1.29 is 19.4 Å². The van der Waals surface area contributed by atoms with E-state index in [1.54, 1.807) is 12.1 Å². The van der Waals surface area contributed by atoms with Crippen molar-refractivity contribution in [2.45, 2.75) is 32.4 Å². The fourth-order valence-electron chi connectivity index (χ4n) is 2.98. The predicted octanol–water partition coefficient (Wildman–Crippen LogP) is 2.69. The molecule has 2 heterocycles. The van der Waals surface area contributed by atoms with E-state index in [0.29, 0.717) is 12.3 Å². The number of rotatable bonds is 4. The van der Waals surface area contributed by atoms with E-state index in [0.717, 1.165) is 11.1 Å². The normalized spacial score (nSPS) is 16.4. The fourth-order valence-corrected chi connectivity index (χ4v) is 2.98. The molecule has 1 unspecified atom stereocenters. The van der Waals surface area contributed by atoms with Crippen LogP contribution in [0.15, 0.2) is 42.6 Å². The monoisotopic (exact) mass is 340 g/mol. The van der Waals surface area contributed by atoms with E-state index in [-0.39, 0.29) is 24.2 Å². The van der Waals surface area contributed by atoms with Crippen LogP contribution >= 0.6 is 0 Å². The van der Waals surface area contributed by atoms with Gasteiger partial charge in [-0.25, -0.2) is 4.98 Å². The van der Waals surface area contributed by atoms with Gasteiger partial charge >= 0.3 is 5.97 Å². The number of carbonyl (C=O) groups excluding carboxylic acids is 1. The average molecular weight is 340 g/mol. The highest BCUT2D eigenvalue weighted by atomic mass is 16.5. The molecule has 130 valence electrons. The zero-order valence-electron chi connectivity index (χ0n) is 14.2. The standard InChI is InChI=1S/C19H20N2O4/c1-12(2)25-14-7-8-17(20-9-14)18(22)21-10-13-5-3-4-6-15(13)16(11-21)19(23)24/h3-9,12,16H,10-11H2,1-2H3,(H,23,24). The number of amides is 1. The minimum Gasteiger partial charge on any atom is -0.489 e. The predicted molar refractivity (Wildman–Crippen MR) is 91.6 cm³/mol. The molecule has 1 aliphatic heterocycles. The van der Waals surface area contributed by atoms with Crippen LogP contribution in [-0.4, -0.2) is 39.5 Å². The van der Waals surface area contributed by atoms with Gasteiger partial charge in [0, 0.05) is 13.1 Å². The van der Waals surface area contributed by atoms with Crippen LogP contribution in [0.4, 0.5) is 0 Å². The lowest BCUT2D eigenvalue weighted by molar-refractivity contribution is -0.139. The molecule has 6 nitrogen and oxygen atoms in total. The topological polar surface area (TPSA) is 79.7 Å². The lowest BCUT2D eigenvalue weighted by Crippen LogP contribution is -2.40. The number of hydrogen-bond acceptors (Lipinski definition) is 4. The molecule has 0 aliphatic carbocycles. The second-order valence-corrected chi connectivity index (χ2v) is 6.32. The quantitative estimate of drug-likeness (QED) is 0.926. The van der Waals surface area contributed by atoms with Gasteiger partial charge in [-0.1, -0.05) is 24.3 Å². The summed E-state index contributed by atoms with van der Waals surface area (Å²) in [5.41, 5.74) is 1.90. The number of ether oxygens (including phenoxy) is 1. The molecule has 6 heteroatoms. The molecule has 0 spiro atoms. The van der Waals surface area contributed by atoms with Crippen LogP contribution in [0.3, 0.4) is 0 Å². The number of carboxylic acid groups (broad SMARTS) is 1. The number of nitrogens with zero attached hydrogens (tertiary/aromatic N) is 2. The first-order valence-electron chi connectivity index (χ1n) is 8.18. The first-order chi connectivity index (χ1) is 12.0. The summed E-state index contributed by atoms with van der Waals surface area (Å²) in [5.74, 6) is -1.34. The van der Waals surface area contributed by atoms with Gasteiger partial charge < -0.3 is 14.7 Å². The molecule has 2 aromatic rings. The third-order valence-electron chi connectivity index (χ3n) is 4.11. The summed E-state index contributed by atoms with van der Waals surface area (Å²) in [6.07, 6.45) is 1.54. The Morgan fingerprint density at radius 2 is 2.00 bits per heavy atom. The van der Waals surface area contributed by atoms with E-state index < -0.39 is 11.9 Å². The lowest BCUT2D eigenvalue weighted by Gasteiger charge is -2.32. The van der Waals surface area contributed by atoms with Gasteiger partial charge in [-0.15, -0.1) is 0 Å². The summed E-state index contributed by atoms with van der Waals surface area (Å²) in [6, 6.07) is 10.6. The Bertz CT molecular complexity index is 786. The number of hydrogen-bond donors (Lipinski definition) is 1. The first kappa shape index (κ1) is 17.0. The largest absolute Gasteiger partial charge is 0.489 e. The van der Waals surface area contributed by atoms with Gasteiger partial charge in [0.15, 0.2) is 0 Å². The van der Waals surface area contributed by atoms with Crippen molar-refractivity contribution in [1.29, 1.82) is 0 Å². The number of pyridine rings is 1. The maximum Gasteiger partial charge on any atom is 0.312 e. The lowest BCUT2D eigenvalue weighted by atomic mass is 9.89. The molecule has 1 aromatic carbocycles. The van der Waals surface area contributed by atoms with Gasteiger partial charge in [-0.3, -0.25) is 9.59 Å². The Morgan fingerprint density at radius 1 is 1.24 bits per heavy atom. The van der Waals surface area contributed by atoms with Crippen molar-refractivity contribution in [2.75, 3.05) is 6.54 Å². The molecular weight excluding hydrogens is 320 g/mol. The van der Waals surface area contributed by atoms with Crippen molar-refractivity contribution in [2.24, 2.45) is 0 Å². The molecule has 1 amide bonds. The van der Waals surface area contributed by atoms with Gasteiger partial charge in [0.25, 0.3) is 5.91 Å². The van der Waals surface area contributed by atoms with Gasteiger partial charge in [-0.2, -0.15) is 0 Å². The maximum atomic E-state index is 12.7. The van der Waals surface area contributed by atoms with Crippen molar-refractivity contribution >= 4 is 11.9 Å². The van der Waals surface area contributed by atoms with E-state index in [2.05, 4.69) is 4.98 Å². The van der Waals surface area contributed by atoms with E-state index >= 15 is 0 Å². The summed E-state index contributed by atoms with van der Waals surface area (Å²) >= 11 is 0. The highest BCUT2D eigenvalue weighted by molar-refractivity contribution is 5.93. The van der Waals surface area contributed by atoms with Gasteiger partial charge in [-0.05, 0) is 37.1 Å². The van der Waals surface area contributed by atoms with Gasteiger partial charge in [0.1, 0.15) is 11.4 Å². The third-order valence-corrected chi connectivity index (χ3v) is 4.11. The van der Waals surface area contributed by atoms with Gasteiger partial charge in [0.05, 0.1) is 18.2 Å². The Kier molecular flexibility index (Phi) is 4.70. The average Bonchev–Trinajstić information content (AvgIpc) is 2.60. The summed E-state index contributed by atoms with van der Waals surface area (Å²) in [4.78, 5) is 30.0. The Hall–Kier alpha value is -2.89. The molecule has 1 aliphatic rings. The highest BCUT2D eigenvalue weighted by Crippen LogP contribution is 2.29. The number of fused-ring (bicyclic) bond motifs is 1. The van der Waals surface area contributed by atoms with Crippen LogP contribution in [0.5, 0.6) is 5.75 Å². The number of aromatic nitrogens is 1. The second-order valence-electron chi connectivity index (χ2n) is 6.32. The van der Waals surface area contributed by atoms with Crippen LogP contribution in [-0.2, 0) is 11.3 Å². The Morgan fingerprint density at radius 3 is 2.64 bits per heavy atom. The van der Waals surface area contributed by atoms with Crippen LogP contribution in [0.1, 0.15) is 41.4 Å². The van der Waals surface area contributed by atoms with Crippen LogP contribution in [0, 0.1) is 0 Å². The molecule has 25 heavy (non-hydrogen) atoms. The zero-order valence-corrected chi connectivity index (χ0v) is 14.2. The zero-order chi connectivity index (χ0) is 18.0. The van der Waals surface area contributed by atoms with E-state index in [9.17, 15) is 14.7 Å². The van der Waals surface area contributed by atoms with Gasteiger partial charge in [0.2, 0.25) is 0 Å². The minimum atomic E-state index is -0.932. The summed E-state index contributed by atoms with van der Waals surface area (Å²) < 4.78 is 5.52. The van der Waals surface area contributed by atoms with Crippen LogP contribution in [0.25, 0.3) is 0 Å². The van der Waals surface area contributed by atoms with Crippen molar-refractivity contribution in [3.63, 3.8) is 0 Å². The maximum absolute atomic E-state index is 12.7. The molecule has 0 radical (unpaired) electrons. The third kappa shape index (κ3) is 3.63. The first-order valence-corrected chi connectivity index (χ1v) is 8.18. The van der Waals surface area contributed by atoms with E-state index in [1.807, 2.05) is 38.1 Å². The fraction of sp³-hybridized carbons (Fsp3) is 0.316. The molecule has 0 fully saturated rings. The molecule has 0 saturated heterocycles. The molecule has 1 aromatic heterocycles. The Balaban J connectivity index is 1.82. The second kappa shape index (κ2) is 6.93. The Labute approximate surface area is 146 Å². The van der Waals surface area contributed by atoms with E-state index in [1.165, 1.54) is 11.1 Å². The van der Waals surface area contributed by atoms with Crippen LogP contribution < -0.4 is 4.74 Å². The summed E-state index contributed by atoms with van der Waals surface area (Å²) in [5, 5.41) is 9.51. The highest BCUT2D eigenvalue weighted by Gasteiger charge is 2.33. The molecule has 1 N–H and O–H groups in total. The number of aliphatic carboxylic acids is 1. The SMILES string of the molecule is CC(C)Oc1ccc(C(=O)N2Cc3ccccc3C(C(=O)O)C2)nc1. The summed E-state index contributed by atoms with van der Waals surface area (Å²) in [6.45, 7) is 4.34. The van der Waals surface area contributed by atoms with E-state index in [4.69, 9.17) is 4.74 Å². The van der Waals surface area contributed by atoms with Crippen LogP contribution in [0.2, 0.25) is 0 Å². The smallest absolute Gasteiger partial charge is 0.312 e. The molecule has 3 rings (SSSR count). The van der Waals surface area contributed by atoms with Crippen molar-refractivity contribution in [3.8, 4) is 5.75 Å². The molecule has 0 bridgehead atoms. The summed E-state index contributed by atoms with van der Waals surface area (Å²) in [7, 11) is 0. The number of benzene rings is 1. The molecule has 0 saturated carbocycles. The number of carbonyl (C=O) groups is 2. The minimum absolute atomic E-state index is 0.0262. The van der Waals surface area contributed by atoms with Crippen molar-refractivity contribution in [1.82, 2.24) is 9.88 Å². The molecular formula is C19H20N2O4. The van der Waals surface area contributed by atoms with Crippen molar-refractivity contribution in [3.05, 3.63) is 59.4 Å².